The summed E-state index contributed by atoms with van der Waals surface area (Å²) in [4.78, 5) is 0. The average molecular weight is 247 g/mol. The van der Waals surface area contributed by atoms with Gasteiger partial charge in [0.15, 0.2) is 0 Å². The zero-order valence-electron chi connectivity index (χ0n) is 10.8. The van der Waals surface area contributed by atoms with Crippen molar-refractivity contribution in [1.82, 2.24) is 5.32 Å². The Kier molecular flexibility index (Phi) is 3.37. The van der Waals surface area contributed by atoms with E-state index in [-0.39, 0.29) is 18.1 Å². The summed E-state index contributed by atoms with van der Waals surface area (Å²) >= 11 is 0. The molecule has 0 spiro atoms. The minimum atomic E-state index is -0.360. The predicted molar refractivity (Wildman–Crippen MR) is 70.4 cm³/mol. The molecule has 18 heavy (non-hydrogen) atoms. The molecule has 1 saturated heterocycles. The summed E-state index contributed by atoms with van der Waals surface area (Å²) in [7, 11) is 0. The smallest absolute Gasteiger partial charge is 0.0836 e. The number of aryl methyl sites for hydroxylation is 1. The fourth-order valence-electron chi connectivity index (χ4n) is 3.26. The van der Waals surface area contributed by atoms with Crippen LogP contribution in [0.3, 0.4) is 0 Å². The van der Waals surface area contributed by atoms with E-state index in [0.717, 1.165) is 25.0 Å². The number of benzene rings is 1. The van der Waals surface area contributed by atoms with Crippen LogP contribution in [0.2, 0.25) is 0 Å². The highest BCUT2D eigenvalue weighted by Gasteiger charge is 2.35. The maximum absolute atomic E-state index is 10.6. The summed E-state index contributed by atoms with van der Waals surface area (Å²) in [6, 6.07) is 8.90. The van der Waals surface area contributed by atoms with Gasteiger partial charge in [-0.15, -0.1) is 0 Å². The largest absolute Gasteiger partial charge is 0.388 e. The molecule has 3 rings (SSSR count). The third kappa shape index (κ3) is 2.18. The van der Waals surface area contributed by atoms with Gasteiger partial charge in [-0.05, 0) is 30.9 Å². The lowest BCUT2D eigenvalue weighted by Crippen LogP contribution is -2.52. The first-order valence-corrected chi connectivity index (χ1v) is 6.85. The molecule has 2 aliphatic rings. The third-order valence-electron chi connectivity index (χ3n) is 4.21. The topological polar surface area (TPSA) is 41.5 Å². The van der Waals surface area contributed by atoms with Gasteiger partial charge in [0.2, 0.25) is 0 Å². The Bertz CT molecular complexity index is 421. The summed E-state index contributed by atoms with van der Waals surface area (Å²) in [6.07, 6.45) is 1.73. The van der Waals surface area contributed by atoms with Gasteiger partial charge in [-0.1, -0.05) is 24.3 Å². The van der Waals surface area contributed by atoms with Crippen molar-refractivity contribution >= 4 is 0 Å². The first-order chi connectivity index (χ1) is 8.75. The Labute approximate surface area is 108 Å². The highest BCUT2D eigenvalue weighted by molar-refractivity contribution is 5.32. The normalized spacial score (nSPS) is 36.1. The van der Waals surface area contributed by atoms with Crippen molar-refractivity contribution in [2.24, 2.45) is 5.92 Å². The van der Waals surface area contributed by atoms with Crippen molar-refractivity contribution in [3.63, 3.8) is 0 Å². The molecule has 4 atom stereocenters. The molecule has 4 unspecified atom stereocenters. The van der Waals surface area contributed by atoms with Gasteiger partial charge in [-0.3, -0.25) is 0 Å². The monoisotopic (exact) mass is 247 g/mol. The molecule has 98 valence electrons. The number of aliphatic hydroxyl groups excluding tert-OH is 1. The third-order valence-corrected chi connectivity index (χ3v) is 4.21. The Morgan fingerprint density at radius 3 is 2.94 bits per heavy atom. The number of aliphatic hydroxyl groups is 1. The van der Waals surface area contributed by atoms with Crippen molar-refractivity contribution in [2.75, 3.05) is 13.2 Å². The second-order valence-electron chi connectivity index (χ2n) is 5.56. The average Bonchev–Trinajstić information content (AvgIpc) is 2.39. The second-order valence-corrected chi connectivity index (χ2v) is 5.56. The van der Waals surface area contributed by atoms with E-state index >= 15 is 0 Å². The van der Waals surface area contributed by atoms with Crippen LogP contribution >= 0.6 is 0 Å². The van der Waals surface area contributed by atoms with Crippen LogP contribution in [-0.2, 0) is 11.2 Å². The van der Waals surface area contributed by atoms with Gasteiger partial charge >= 0.3 is 0 Å². The van der Waals surface area contributed by atoms with Crippen LogP contribution in [0.4, 0.5) is 0 Å². The number of rotatable bonds is 1. The highest BCUT2D eigenvalue weighted by Crippen LogP contribution is 2.36. The zero-order valence-corrected chi connectivity index (χ0v) is 10.8. The lowest BCUT2D eigenvalue weighted by Gasteiger charge is -2.39. The van der Waals surface area contributed by atoms with Crippen molar-refractivity contribution in [3.8, 4) is 0 Å². The molecule has 1 aromatic rings. The van der Waals surface area contributed by atoms with Gasteiger partial charge < -0.3 is 15.2 Å². The van der Waals surface area contributed by atoms with Crippen LogP contribution in [-0.4, -0.2) is 30.4 Å². The molecule has 0 saturated carbocycles. The standard InChI is InChI=1S/C15H21NO2/c1-10-8-18-9-14(16-10)13-7-6-11-4-2-3-5-12(11)15(13)17/h2-5,10,13-17H,6-9H2,1H3. The SMILES string of the molecule is CC1COCC(C2CCc3ccccc3C2O)N1. The summed E-state index contributed by atoms with van der Waals surface area (Å²) in [5.74, 6) is 0.266. The number of hydrogen-bond acceptors (Lipinski definition) is 3. The summed E-state index contributed by atoms with van der Waals surface area (Å²) in [5.41, 5.74) is 2.40. The first kappa shape index (κ1) is 12.2. The maximum atomic E-state index is 10.6. The predicted octanol–water partition coefficient (Wildman–Crippen LogP) is 1.66. The molecule has 1 aliphatic carbocycles. The van der Waals surface area contributed by atoms with Crippen LogP contribution in [0.1, 0.15) is 30.6 Å². The van der Waals surface area contributed by atoms with E-state index in [1.807, 2.05) is 6.07 Å². The number of nitrogens with one attached hydrogen (secondary N) is 1. The number of morpholine rings is 1. The van der Waals surface area contributed by atoms with E-state index < -0.39 is 0 Å². The van der Waals surface area contributed by atoms with Gasteiger partial charge in [-0.2, -0.15) is 0 Å². The van der Waals surface area contributed by atoms with Crippen LogP contribution in [0.25, 0.3) is 0 Å². The molecular weight excluding hydrogens is 226 g/mol. The summed E-state index contributed by atoms with van der Waals surface area (Å²) in [6.45, 7) is 3.62. The molecular formula is C15H21NO2. The molecule has 3 nitrogen and oxygen atoms in total. The van der Waals surface area contributed by atoms with Gasteiger partial charge in [0.1, 0.15) is 0 Å². The van der Waals surface area contributed by atoms with Crippen molar-refractivity contribution < 1.29 is 9.84 Å². The lowest BCUT2D eigenvalue weighted by atomic mass is 9.77. The van der Waals surface area contributed by atoms with Crippen LogP contribution in [0, 0.1) is 5.92 Å². The molecule has 1 aromatic carbocycles. The molecule has 0 amide bonds. The van der Waals surface area contributed by atoms with E-state index in [0.29, 0.717) is 12.6 Å². The van der Waals surface area contributed by atoms with Crippen molar-refractivity contribution in [3.05, 3.63) is 35.4 Å². The fraction of sp³-hybridized carbons (Fsp3) is 0.600. The maximum Gasteiger partial charge on any atom is 0.0836 e. The Balaban J connectivity index is 1.79. The van der Waals surface area contributed by atoms with E-state index in [4.69, 9.17) is 4.74 Å². The van der Waals surface area contributed by atoms with Crippen LogP contribution in [0.15, 0.2) is 24.3 Å². The van der Waals surface area contributed by atoms with Gasteiger partial charge in [0.05, 0.1) is 19.3 Å². The molecule has 1 heterocycles. The van der Waals surface area contributed by atoms with Crippen molar-refractivity contribution in [1.29, 1.82) is 0 Å². The molecule has 2 N–H and O–H groups in total. The van der Waals surface area contributed by atoms with E-state index in [9.17, 15) is 5.11 Å². The highest BCUT2D eigenvalue weighted by atomic mass is 16.5. The molecule has 0 aromatic heterocycles. The van der Waals surface area contributed by atoms with Gasteiger partial charge in [0.25, 0.3) is 0 Å². The summed E-state index contributed by atoms with van der Waals surface area (Å²) < 4.78 is 5.61. The second kappa shape index (κ2) is 5.00. The Morgan fingerprint density at radius 1 is 1.28 bits per heavy atom. The molecule has 0 bridgehead atoms. The number of fused-ring (bicyclic) bond motifs is 1. The zero-order chi connectivity index (χ0) is 12.5. The minimum absolute atomic E-state index is 0.266. The lowest BCUT2D eigenvalue weighted by molar-refractivity contribution is -0.00988. The molecule has 3 heteroatoms. The first-order valence-electron chi connectivity index (χ1n) is 6.85. The van der Waals surface area contributed by atoms with Gasteiger partial charge in [0, 0.05) is 18.0 Å². The summed E-state index contributed by atoms with van der Waals surface area (Å²) in [5, 5.41) is 14.1. The number of hydrogen-bond donors (Lipinski definition) is 2. The Morgan fingerprint density at radius 2 is 2.11 bits per heavy atom. The van der Waals surface area contributed by atoms with Gasteiger partial charge in [-0.25, -0.2) is 0 Å². The molecule has 1 aliphatic heterocycles. The van der Waals surface area contributed by atoms with E-state index in [2.05, 4.69) is 30.4 Å². The van der Waals surface area contributed by atoms with E-state index in [1.54, 1.807) is 0 Å². The van der Waals surface area contributed by atoms with Crippen LogP contribution < -0.4 is 5.32 Å². The van der Waals surface area contributed by atoms with E-state index in [1.165, 1.54) is 5.56 Å². The van der Waals surface area contributed by atoms with Crippen LogP contribution in [0.5, 0.6) is 0 Å². The molecule has 1 fully saturated rings. The minimum Gasteiger partial charge on any atom is -0.388 e. The van der Waals surface area contributed by atoms with Crippen molar-refractivity contribution in [2.45, 2.75) is 38.0 Å². The fourth-order valence-corrected chi connectivity index (χ4v) is 3.26. The molecule has 0 radical (unpaired) electrons. The number of ether oxygens (including phenoxy) is 1. The quantitative estimate of drug-likeness (QED) is 0.793. The Hall–Kier alpha value is -0.900.